The molecule has 0 amide bonds. The second-order valence-electron chi connectivity index (χ2n) is 5.79. The van der Waals surface area contributed by atoms with Gasteiger partial charge in [0.1, 0.15) is 23.1 Å². The van der Waals surface area contributed by atoms with E-state index in [1.54, 1.807) is 18.4 Å². The Bertz CT molecular complexity index is 615. The maximum absolute atomic E-state index is 5.78. The number of hydrogen-bond donors (Lipinski definition) is 1. The van der Waals surface area contributed by atoms with E-state index in [0.717, 1.165) is 48.4 Å². The van der Waals surface area contributed by atoms with Crippen LogP contribution in [0.1, 0.15) is 17.6 Å². The van der Waals surface area contributed by atoms with Crippen LogP contribution in [-0.2, 0) is 13.2 Å². The number of hydrogen-bond acceptors (Lipinski definition) is 6. The topological polar surface area (TPSA) is 46.6 Å². The SMILES string of the molecule is COc1ccc(OCc2nc(CN3CCNC(C)C3)cs2)cc1. The molecule has 124 valence electrons. The fourth-order valence-corrected chi connectivity index (χ4v) is 3.39. The molecule has 1 N–H and O–H groups in total. The number of aromatic nitrogens is 1. The Morgan fingerprint density at radius 3 is 2.83 bits per heavy atom. The lowest BCUT2D eigenvalue weighted by molar-refractivity contribution is 0.197. The number of nitrogens with zero attached hydrogens (tertiary/aromatic N) is 2. The van der Waals surface area contributed by atoms with Crippen molar-refractivity contribution in [2.75, 3.05) is 26.7 Å². The van der Waals surface area contributed by atoms with Gasteiger partial charge in [-0.25, -0.2) is 4.98 Å². The second-order valence-corrected chi connectivity index (χ2v) is 6.73. The molecule has 1 fully saturated rings. The largest absolute Gasteiger partial charge is 0.497 e. The van der Waals surface area contributed by atoms with Gasteiger partial charge in [0.2, 0.25) is 0 Å². The first-order valence-electron chi connectivity index (χ1n) is 7.89. The smallest absolute Gasteiger partial charge is 0.140 e. The van der Waals surface area contributed by atoms with Gasteiger partial charge in [0.05, 0.1) is 12.8 Å². The maximum Gasteiger partial charge on any atom is 0.140 e. The minimum absolute atomic E-state index is 0.509. The van der Waals surface area contributed by atoms with Gasteiger partial charge in [-0.1, -0.05) is 0 Å². The molecule has 23 heavy (non-hydrogen) atoms. The Kier molecular flexibility index (Phi) is 5.48. The van der Waals surface area contributed by atoms with Crippen molar-refractivity contribution in [2.24, 2.45) is 0 Å². The number of nitrogens with one attached hydrogen (secondary N) is 1. The summed E-state index contributed by atoms with van der Waals surface area (Å²) in [6, 6.07) is 8.17. The summed E-state index contributed by atoms with van der Waals surface area (Å²) in [6.45, 7) is 6.87. The Hall–Kier alpha value is -1.63. The van der Waals surface area contributed by atoms with E-state index < -0.39 is 0 Å². The molecule has 2 heterocycles. The Morgan fingerprint density at radius 2 is 2.09 bits per heavy atom. The lowest BCUT2D eigenvalue weighted by Crippen LogP contribution is -2.48. The normalized spacial score (nSPS) is 18.8. The van der Waals surface area contributed by atoms with E-state index in [2.05, 4.69) is 27.5 Å². The summed E-state index contributed by atoms with van der Waals surface area (Å²) in [5.41, 5.74) is 1.14. The van der Waals surface area contributed by atoms with Gasteiger partial charge >= 0.3 is 0 Å². The molecule has 1 aliphatic heterocycles. The molecule has 1 aromatic heterocycles. The first kappa shape index (κ1) is 16.2. The van der Waals surface area contributed by atoms with E-state index in [9.17, 15) is 0 Å². The molecule has 0 radical (unpaired) electrons. The zero-order chi connectivity index (χ0) is 16.1. The fraction of sp³-hybridized carbons (Fsp3) is 0.471. The fourth-order valence-electron chi connectivity index (χ4n) is 2.69. The van der Waals surface area contributed by atoms with E-state index in [-0.39, 0.29) is 0 Å². The van der Waals surface area contributed by atoms with Crippen LogP contribution < -0.4 is 14.8 Å². The third kappa shape index (κ3) is 4.67. The van der Waals surface area contributed by atoms with Crippen molar-refractivity contribution in [3.8, 4) is 11.5 Å². The molecule has 1 atom stereocenters. The lowest BCUT2D eigenvalue weighted by Gasteiger charge is -2.31. The monoisotopic (exact) mass is 333 g/mol. The minimum atomic E-state index is 0.509. The van der Waals surface area contributed by atoms with Crippen molar-refractivity contribution in [1.29, 1.82) is 0 Å². The van der Waals surface area contributed by atoms with Gasteiger partial charge < -0.3 is 14.8 Å². The van der Waals surface area contributed by atoms with Crippen LogP contribution in [0.25, 0.3) is 0 Å². The molecule has 1 aliphatic rings. The Morgan fingerprint density at radius 1 is 1.30 bits per heavy atom. The average Bonchev–Trinajstić information content (AvgIpc) is 3.01. The summed E-state index contributed by atoms with van der Waals surface area (Å²) in [7, 11) is 1.66. The third-order valence-corrected chi connectivity index (χ3v) is 4.73. The number of thiazole rings is 1. The Labute approximate surface area is 141 Å². The number of rotatable bonds is 6. The van der Waals surface area contributed by atoms with E-state index in [4.69, 9.17) is 9.47 Å². The summed E-state index contributed by atoms with van der Waals surface area (Å²) in [4.78, 5) is 7.13. The van der Waals surface area contributed by atoms with Crippen molar-refractivity contribution in [2.45, 2.75) is 26.1 Å². The predicted molar refractivity (Wildman–Crippen MR) is 92.2 cm³/mol. The summed E-state index contributed by atoms with van der Waals surface area (Å²) < 4.78 is 10.9. The van der Waals surface area contributed by atoms with Crippen molar-refractivity contribution < 1.29 is 9.47 Å². The van der Waals surface area contributed by atoms with Gasteiger partial charge in [-0.2, -0.15) is 0 Å². The molecule has 2 aromatic rings. The van der Waals surface area contributed by atoms with Gasteiger partial charge in [-0.15, -0.1) is 11.3 Å². The third-order valence-electron chi connectivity index (χ3n) is 3.86. The molecule has 1 saturated heterocycles. The molecule has 6 heteroatoms. The standard InChI is InChI=1S/C17H23N3O2S/c1-13-9-20(8-7-18-13)10-14-12-23-17(19-14)11-22-16-5-3-15(21-2)4-6-16/h3-6,12-13,18H,7-11H2,1-2H3. The summed E-state index contributed by atoms with van der Waals surface area (Å²) in [5, 5.41) is 6.61. The number of ether oxygens (including phenoxy) is 2. The van der Waals surface area contributed by atoms with E-state index in [0.29, 0.717) is 12.6 Å². The van der Waals surface area contributed by atoms with Crippen molar-refractivity contribution in [3.63, 3.8) is 0 Å². The van der Waals surface area contributed by atoms with Crippen LogP contribution in [-0.4, -0.2) is 42.7 Å². The van der Waals surface area contributed by atoms with Crippen LogP contribution in [0.3, 0.4) is 0 Å². The van der Waals surface area contributed by atoms with Gasteiger partial charge in [0.25, 0.3) is 0 Å². The molecule has 0 aliphatic carbocycles. The van der Waals surface area contributed by atoms with E-state index in [1.165, 1.54) is 0 Å². The molecule has 0 saturated carbocycles. The zero-order valence-corrected chi connectivity index (χ0v) is 14.4. The number of benzene rings is 1. The van der Waals surface area contributed by atoms with Crippen LogP contribution in [0, 0.1) is 0 Å². The van der Waals surface area contributed by atoms with Crippen molar-refractivity contribution >= 4 is 11.3 Å². The molecule has 0 bridgehead atoms. The highest BCUT2D eigenvalue weighted by Gasteiger charge is 2.16. The molecular weight excluding hydrogens is 310 g/mol. The first-order chi connectivity index (χ1) is 11.2. The van der Waals surface area contributed by atoms with Crippen molar-refractivity contribution in [3.05, 3.63) is 40.3 Å². The van der Waals surface area contributed by atoms with Crippen LogP contribution in [0.15, 0.2) is 29.6 Å². The van der Waals surface area contributed by atoms with Gasteiger partial charge in [-0.3, -0.25) is 4.90 Å². The molecule has 1 aromatic carbocycles. The van der Waals surface area contributed by atoms with Crippen LogP contribution in [0.4, 0.5) is 0 Å². The quantitative estimate of drug-likeness (QED) is 0.880. The second kappa shape index (κ2) is 7.77. The highest BCUT2D eigenvalue weighted by molar-refractivity contribution is 7.09. The predicted octanol–water partition coefficient (Wildman–Crippen LogP) is 2.52. The lowest BCUT2D eigenvalue weighted by atomic mass is 10.2. The highest BCUT2D eigenvalue weighted by Crippen LogP contribution is 2.19. The van der Waals surface area contributed by atoms with Gasteiger partial charge in [0, 0.05) is 37.6 Å². The van der Waals surface area contributed by atoms with Crippen LogP contribution >= 0.6 is 11.3 Å². The van der Waals surface area contributed by atoms with Crippen molar-refractivity contribution in [1.82, 2.24) is 15.2 Å². The molecule has 0 spiro atoms. The summed E-state index contributed by atoms with van der Waals surface area (Å²) >= 11 is 1.66. The zero-order valence-electron chi connectivity index (χ0n) is 13.6. The van der Waals surface area contributed by atoms with Gasteiger partial charge in [0.15, 0.2) is 0 Å². The Balaban J connectivity index is 1.50. The highest BCUT2D eigenvalue weighted by atomic mass is 32.1. The maximum atomic E-state index is 5.78. The first-order valence-corrected chi connectivity index (χ1v) is 8.77. The van der Waals surface area contributed by atoms with E-state index in [1.807, 2.05) is 24.3 Å². The molecule has 3 rings (SSSR count). The van der Waals surface area contributed by atoms with E-state index >= 15 is 0 Å². The summed E-state index contributed by atoms with van der Waals surface area (Å²) in [6.07, 6.45) is 0. The van der Waals surface area contributed by atoms with Gasteiger partial charge in [-0.05, 0) is 31.2 Å². The molecule has 5 nitrogen and oxygen atoms in total. The molecule has 1 unspecified atom stereocenters. The van der Waals surface area contributed by atoms with Crippen LogP contribution in [0.5, 0.6) is 11.5 Å². The average molecular weight is 333 g/mol. The number of methoxy groups -OCH3 is 1. The number of piperazine rings is 1. The van der Waals surface area contributed by atoms with Crippen LogP contribution in [0.2, 0.25) is 0 Å². The summed E-state index contributed by atoms with van der Waals surface area (Å²) in [5.74, 6) is 1.66. The molecular formula is C17H23N3O2S. The minimum Gasteiger partial charge on any atom is -0.497 e.